The molecule has 274 valence electrons. The number of aromatic nitrogens is 4. The number of rotatable bonds is 4. The first-order valence-electron chi connectivity index (χ1n) is 19.8. The van der Waals surface area contributed by atoms with E-state index in [1.165, 1.54) is 10.8 Å². The quantitative estimate of drug-likeness (QED) is 0.179. The molecule has 6 nitrogen and oxygen atoms in total. The fraction of sp³-hybridized carbons (Fsp3) is 0. The lowest BCUT2D eigenvalue weighted by molar-refractivity contribution is 0.668. The average Bonchev–Trinajstić information content (AvgIpc) is 3.96. The van der Waals surface area contributed by atoms with Crippen LogP contribution >= 0.6 is 0 Å². The van der Waals surface area contributed by atoms with Crippen molar-refractivity contribution in [2.24, 2.45) is 0 Å². The minimum atomic E-state index is 0.509. The summed E-state index contributed by atoms with van der Waals surface area (Å²) in [6.07, 6.45) is 0. The second kappa shape index (κ2) is 12.2. The van der Waals surface area contributed by atoms with Crippen molar-refractivity contribution >= 4 is 87.2 Å². The molecule has 0 bridgehead atoms. The fourth-order valence-corrected chi connectivity index (χ4v) is 9.03. The third-order valence-corrected chi connectivity index (χ3v) is 11.8. The van der Waals surface area contributed by atoms with Crippen LogP contribution in [0.4, 0.5) is 0 Å². The lowest BCUT2D eigenvalue weighted by Gasteiger charge is -2.15. The van der Waals surface area contributed by atoms with E-state index in [1.807, 2.05) is 36.4 Å². The Hall–Kier alpha value is -8.09. The van der Waals surface area contributed by atoms with Crippen LogP contribution in [0.3, 0.4) is 0 Å². The molecule has 0 spiro atoms. The highest BCUT2D eigenvalue weighted by Crippen LogP contribution is 2.43. The van der Waals surface area contributed by atoms with E-state index in [0.717, 1.165) is 93.2 Å². The van der Waals surface area contributed by atoms with Gasteiger partial charge >= 0.3 is 0 Å². The van der Waals surface area contributed by atoms with E-state index < -0.39 is 0 Å². The SMILES string of the molecule is c1ccc2cc(-c3nc(-c4ccc5c(c4)oc4ccccc45)nc(-c4c(-n5c6ccccc6c6cc7ccccc7cc65)ccc5c4oc4ccccc45)n3)ccc2c1. The molecule has 9 aromatic carbocycles. The normalized spacial score (nSPS) is 12.1. The van der Waals surface area contributed by atoms with Crippen LogP contribution in [-0.2, 0) is 0 Å². The van der Waals surface area contributed by atoms with E-state index in [1.54, 1.807) is 0 Å². The van der Waals surface area contributed by atoms with Gasteiger partial charge in [0.05, 0.1) is 22.3 Å². The van der Waals surface area contributed by atoms with Gasteiger partial charge < -0.3 is 13.4 Å². The second-order valence-corrected chi connectivity index (χ2v) is 15.2. The summed E-state index contributed by atoms with van der Waals surface area (Å²) in [6, 6.07) is 63.4. The van der Waals surface area contributed by atoms with Crippen LogP contribution in [0, 0.1) is 0 Å². The highest BCUT2D eigenvalue weighted by atomic mass is 16.3. The van der Waals surface area contributed by atoms with Gasteiger partial charge in [-0.2, -0.15) is 0 Å². The van der Waals surface area contributed by atoms with Gasteiger partial charge in [0.1, 0.15) is 22.3 Å². The molecule has 0 aliphatic rings. The average molecular weight is 755 g/mol. The van der Waals surface area contributed by atoms with Crippen molar-refractivity contribution < 1.29 is 8.83 Å². The third kappa shape index (κ3) is 4.84. The van der Waals surface area contributed by atoms with Crippen molar-refractivity contribution in [2.75, 3.05) is 0 Å². The first kappa shape index (κ1) is 32.0. The van der Waals surface area contributed by atoms with Crippen molar-refractivity contribution in [1.29, 1.82) is 0 Å². The summed E-state index contributed by atoms with van der Waals surface area (Å²) in [5.41, 5.74) is 8.69. The molecule has 0 fully saturated rings. The molecule has 0 saturated heterocycles. The zero-order chi connectivity index (χ0) is 38.6. The summed E-state index contributed by atoms with van der Waals surface area (Å²) in [4.78, 5) is 16.0. The molecule has 0 aliphatic carbocycles. The van der Waals surface area contributed by atoms with Gasteiger partial charge in [-0.05, 0) is 82.2 Å². The molecule has 6 heteroatoms. The summed E-state index contributed by atoms with van der Waals surface area (Å²) in [5.74, 6) is 1.61. The van der Waals surface area contributed by atoms with Crippen LogP contribution in [0.25, 0.3) is 127 Å². The molecule has 4 aromatic heterocycles. The number of fused-ring (bicyclic) bond motifs is 11. The Labute approximate surface area is 336 Å². The van der Waals surface area contributed by atoms with Gasteiger partial charge in [0.15, 0.2) is 17.5 Å². The van der Waals surface area contributed by atoms with Crippen LogP contribution < -0.4 is 0 Å². The number of hydrogen-bond donors (Lipinski definition) is 0. The minimum absolute atomic E-state index is 0.509. The number of hydrogen-bond acceptors (Lipinski definition) is 5. The lowest BCUT2D eigenvalue weighted by Crippen LogP contribution is -2.04. The predicted molar refractivity (Wildman–Crippen MR) is 240 cm³/mol. The molecule has 0 atom stereocenters. The second-order valence-electron chi connectivity index (χ2n) is 15.2. The fourth-order valence-electron chi connectivity index (χ4n) is 9.03. The number of furan rings is 2. The molecule has 59 heavy (non-hydrogen) atoms. The smallest absolute Gasteiger partial charge is 0.170 e. The van der Waals surface area contributed by atoms with E-state index >= 15 is 0 Å². The minimum Gasteiger partial charge on any atom is -0.456 e. The van der Waals surface area contributed by atoms with Gasteiger partial charge in [0.2, 0.25) is 0 Å². The summed E-state index contributed by atoms with van der Waals surface area (Å²) < 4.78 is 15.6. The standard InChI is InChI=1S/C53H30N4O2/c1-2-12-32-27-35(22-21-31(32)11-1)51-54-52(36-23-24-40-38-16-6-9-19-46(38)58-48(40)30-36)56-53(55-51)49-44(26-25-41-39-17-7-10-20-47(39)59-50(41)49)57-43-18-8-5-15-37(43)42-28-33-13-3-4-14-34(33)29-45(42)57/h1-30H. The monoisotopic (exact) mass is 754 g/mol. The van der Waals surface area contributed by atoms with Crippen molar-refractivity contribution in [3.05, 3.63) is 182 Å². The van der Waals surface area contributed by atoms with E-state index in [-0.39, 0.29) is 0 Å². The molecule has 13 aromatic rings. The first-order valence-corrected chi connectivity index (χ1v) is 19.8. The Morgan fingerprint density at radius 1 is 0.339 bits per heavy atom. The van der Waals surface area contributed by atoms with Gasteiger partial charge in [0.25, 0.3) is 0 Å². The summed E-state index contributed by atoms with van der Waals surface area (Å²) >= 11 is 0. The molecular weight excluding hydrogens is 725 g/mol. The predicted octanol–water partition coefficient (Wildman–Crippen LogP) is 14.1. The van der Waals surface area contributed by atoms with Crippen LogP contribution in [0.15, 0.2) is 191 Å². The Bertz CT molecular complexity index is 3870. The summed E-state index contributed by atoms with van der Waals surface area (Å²) in [7, 11) is 0. The van der Waals surface area contributed by atoms with Crippen molar-refractivity contribution in [3.8, 4) is 39.9 Å². The highest BCUT2D eigenvalue weighted by molar-refractivity contribution is 6.16. The first-order chi connectivity index (χ1) is 29.2. The largest absolute Gasteiger partial charge is 0.456 e. The maximum atomic E-state index is 6.88. The van der Waals surface area contributed by atoms with Gasteiger partial charge in [-0.25, -0.2) is 15.0 Å². The van der Waals surface area contributed by atoms with E-state index in [9.17, 15) is 0 Å². The van der Waals surface area contributed by atoms with E-state index in [4.69, 9.17) is 23.8 Å². The van der Waals surface area contributed by atoms with E-state index in [0.29, 0.717) is 23.1 Å². The molecule has 0 amide bonds. The molecule has 0 radical (unpaired) electrons. The molecule has 0 N–H and O–H groups in total. The zero-order valence-electron chi connectivity index (χ0n) is 31.4. The van der Waals surface area contributed by atoms with Crippen molar-refractivity contribution in [1.82, 2.24) is 19.5 Å². The van der Waals surface area contributed by atoms with Gasteiger partial charge in [-0.3, -0.25) is 0 Å². The zero-order valence-corrected chi connectivity index (χ0v) is 31.4. The third-order valence-electron chi connectivity index (χ3n) is 11.8. The van der Waals surface area contributed by atoms with Crippen molar-refractivity contribution in [2.45, 2.75) is 0 Å². The van der Waals surface area contributed by atoms with E-state index in [2.05, 4.69) is 150 Å². The molecular formula is C53H30N4O2. The molecule has 0 unspecified atom stereocenters. The summed E-state index contributed by atoms with van der Waals surface area (Å²) in [6.45, 7) is 0. The Kier molecular flexibility index (Phi) is 6.63. The van der Waals surface area contributed by atoms with Crippen LogP contribution in [-0.4, -0.2) is 19.5 Å². The van der Waals surface area contributed by atoms with Gasteiger partial charge in [-0.1, -0.05) is 121 Å². The molecule has 0 aliphatic heterocycles. The summed E-state index contributed by atoms with van der Waals surface area (Å²) in [5, 5.41) is 11.1. The van der Waals surface area contributed by atoms with Gasteiger partial charge in [0, 0.05) is 43.4 Å². The number of benzene rings is 9. The maximum Gasteiger partial charge on any atom is 0.170 e. The number of para-hydroxylation sites is 3. The molecule has 13 rings (SSSR count). The topological polar surface area (TPSA) is 69.9 Å². The van der Waals surface area contributed by atoms with Crippen LogP contribution in [0.1, 0.15) is 0 Å². The Morgan fingerprint density at radius 3 is 1.69 bits per heavy atom. The van der Waals surface area contributed by atoms with Gasteiger partial charge in [-0.15, -0.1) is 0 Å². The molecule has 4 heterocycles. The van der Waals surface area contributed by atoms with Crippen LogP contribution in [0.2, 0.25) is 0 Å². The highest BCUT2D eigenvalue weighted by Gasteiger charge is 2.25. The van der Waals surface area contributed by atoms with Crippen molar-refractivity contribution in [3.63, 3.8) is 0 Å². The number of nitrogens with zero attached hydrogens (tertiary/aromatic N) is 4. The maximum absolute atomic E-state index is 6.88. The lowest BCUT2D eigenvalue weighted by atomic mass is 10.0. The Morgan fingerprint density at radius 2 is 0.898 bits per heavy atom. The Balaban J connectivity index is 1.15. The molecule has 0 saturated carbocycles. The van der Waals surface area contributed by atoms with Crippen LogP contribution in [0.5, 0.6) is 0 Å².